The summed E-state index contributed by atoms with van der Waals surface area (Å²) in [6, 6.07) is 13.7. The molecule has 2 N–H and O–H groups in total. The normalized spacial score (nSPS) is 11.5. The fraction of sp³-hybridized carbons (Fsp3) is 0.118. The van der Waals surface area contributed by atoms with Gasteiger partial charge in [-0.3, -0.25) is 25.4 Å². The van der Waals surface area contributed by atoms with Gasteiger partial charge in [0.05, 0.1) is 6.54 Å². The van der Waals surface area contributed by atoms with Crippen LogP contribution < -0.4 is 10.9 Å². The topological polar surface area (TPSA) is 108 Å². The van der Waals surface area contributed by atoms with Crippen molar-refractivity contribution in [1.82, 2.24) is 20.1 Å². The van der Waals surface area contributed by atoms with E-state index in [4.69, 9.17) is 0 Å². The fourth-order valence-electron chi connectivity index (χ4n) is 1.85. The molecule has 2 aromatic rings. The molecule has 1 aromatic heterocycles. The maximum atomic E-state index is 12.2. The van der Waals surface area contributed by atoms with Crippen molar-refractivity contribution in [2.75, 3.05) is 13.6 Å². The number of nitrogens with zero attached hydrogens (tertiary/aromatic N) is 2. The lowest BCUT2D eigenvalue weighted by Gasteiger charge is -2.14. The first kappa shape index (κ1) is 19.3. The number of pyridine rings is 1. The van der Waals surface area contributed by atoms with Crippen molar-refractivity contribution >= 4 is 27.9 Å². The van der Waals surface area contributed by atoms with Crippen LogP contribution in [-0.4, -0.2) is 43.1 Å². The molecular weight excluding hydrogens is 356 g/mol. The maximum absolute atomic E-state index is 12.2. The van der Waals surface area contributed by atoms with Crippen molar-refractivity contribution in [1.29, 1.82) is 0 Å². The van der Waals surface area contributed by atoms with Gasteiger partial charge in [0.1, 0.15) is 5.69 Å². The van der Waals surface area contributed by atoms with Crippen LogP contribution >= 0.6 is 0 Å². The first-order valence-electron chi connectivity index (χ1n) is 7.58. The first-order chi connectivity index (χ1) is 12.4. The first-order valence-corrected chi connectivity index (χ1v) is 9.08. The number of carbonyl (C=O) groups is 2. The standard InChI is InChI=1S/C17H18N4O4S/c1-21(26(24,25)12-10-14-7-3-2-4-8-14)13-16(22)19-20-17(23)15-9-5-6-11-18-15/h2-12H,13H2,1H3,(H,19,22)(H,20,23)/b12-10+. The Kier molecular flexibility index (Phi) is 6.59. The zero-order chi connectivity index (χ0) is 19.0. The van der Waals surface area contributed by atoms with Gasteiger partial charge in [0.2, 0.25) is 10.0 Å². The molecule has 2 amide bonds. The number of amides is 2. The van der Waals surface area contributed by atoms with Gasteiger partial charge < -0.3 is 0 Å². The Labute approximate surface area is 151 Å². The monoisotopic (exact) mass is 374 g/mol. The summed E-state index contributed by atoms with van der Waals surface area (Å²) in [6.45, 7) is -0.454. The molecule has 0 atom stereocenters. The van der Waals surface area contributed by atoms with Crippen LogP contribution in [0.4, 0.5) is 0 Å². The van der Waals surface area contributed by atoms with E-state index in [0.717, 1.165) is 15.3 Å². The molecule has 9 heteroatoms. The Hall–Kier alpha value is -3.04. The summed E-state index contributed by atoms with van der Waals surface area (Å²) in [6.07, 6.45) is 2.88. The Balaban J connectivity index is 1.87. The van der Waals surface area contributed by atoms with Crippen molar-refractivity contribution in [3.63, 3.8) is 0 Å². The summed E-state index contributed by atoms with van der Waals surface area (Å²) in [5.41, 5.74) is 5.17. The number of rotatable bonds is 6. The van der Waals surface area contributed by atoms with Crippen LogP contribution in [-0.2, 0) is 14.8 Å². The van der Waals surface area contributed by atoms with E-state index in [-0.39, 0.29) is 5.69 Å². The van der Waals surface area contributed by atoms with Gasteiger partial charge in [-0.25, -0.2) is 8.42 Å². The number of nitrogens with one attached hydrogen (secondary N) is 2. The SMILES string of the molecule is CN(CC(=O)NNC(=O)c1ccccn1)S(=O)(=O)/C=C/c1ccccc1. The molecule has 0 bridgehead atoms. The van der Waals surface area contributed by atoms with Gasteiger partial charge in [-0.2, -0.15) is 4.31 Å². The Morgan fingerprint density at radius 3 is 2.42 bits per heavy atom. The van der Waals surface area contributed by atoms with E-state index in [1.165, 1.54) is 25.4 Å². The molecule has 1 aromatic carbocycles. The molecule has 8 nitrogen and oxygen atoms in total. The summed E-state index contributed by atoms with van der Waals surface area (Å²) < 4.78 is 25.2. The van der Waals surface area contributed by atoms with Gasteiger partial charge in [-0.05, 0) is 23.8 Å². The lowest BCUT2D eigenvalue weighted by atomic mass is 10.2. The van der Waals surface area contributed by atoms with Gasteiger partial charge in [-0.1, -0.05) is 36.4 Å². The Morgan fingerprint density at radius 2 is 1.77 bits per heavy atom. The highest BCUT2D eigenvalue weighted by molar-refractivity contribution is 7.92. The summed E-state index contributed by atoms with van der Waals surface area (Å²) in [7, 11) is -2.51. The summed E-state index contributed by atoms with van der Waals surface area (Å²) in [5.74, 6) is -1.29. The Bertz CT molecular complexity index is 883. The minimum Gasteiger partial charge on any atom is -0.272 e. The van der Waals surface area contributed by atoms with Crippen LogP contribution in [0.25, 0.3) is 6.08 Å². The van der Waals surface area contributed by atoms with E-state index in [2.05, 4.69) is 15.8 Å². The summed E-state index contributed by atoms with van der Waals surface area (Å²) in [4.78, 5) is 27.4. The van der Waals surface area contributed by atoms with Gasteiger partial charge in [0, 0.05) is 18.7 Å². The maximum Gasteiger partial charge on any atom is 0.288 e. The number of likely N-dealkylation sites (N-methyl/N-ethyl adjacent to an activating group) is 1. The number of sulfonamides is 1. The Morgan fingerprint density at radius 1 is 1.08 bits per heavy atom. The number of aromatic nitrogens is 1. The highest BCUT2D eigenvalue weighted by Crippen LogP contribution is 2.06. The second kappa shape index (κ2) is 8.88. The molecule has 0 fully saturated rings. The van der Waals surface area contributed by atoms with Crippen LogP contribution in [0, 0.1) is 0 Å². The van der Waals surface area contributed by atoms with Crippen molar-refractivity contribution in [2.45, 2.75) is 0 Å². The molecule has 0 unspecified atom stereocenters. The molecule has 26 heavy (non-hydrogen) atoms. The van der Waals surface area contributed by atoms with E-state index in [9.17, 15) is 18.0 Å². The summed E-state index contributed by atoms with van der Waals surface area (Å²) >= 11 is 0. The molecule has 0 aliphatic carbocycles. The number of benzene rings is 1. The van der Waals surface area contributed by atoms with Gasteiger partial charge >= 0.3 is 0 Å². The smallest absolute Gasteiger partial charge is 0.272 e. The largest absolute Gasteiger partial charge is 0.288 e. The average molecular weight is 374 g/mol. The second-order valence-electron chi connectivity index (χ2n) is 5.23. The van der Waals surface area contributed by atoms with E-state index < -0.39 is 28.4 Å². The summed E-state index contributed by atoms with van der Waals surface area (Å²) in [5, 5.41) is 1.02. The van der Waals surface area contributed by atoms with Crippen LogP contribution in [0.3, 0.4) is 0 Å². The van der Waals surface area contributed by atoms with Crippen LogP contribution in [0.5, 0.6) is 0 Å². The molecule has 1 heterocycles. The zero-order valence-corrected chi connectivity index (χ0v) is 14.8. The fourth-order valence-corrected chi connectivity index (χ4v) is 2.69. The number of carbonyl (C=O) groups excluding carboxylic acids is 2. The van der Waals surface area contributed by atoms with Crippen LogP contribution in [0.2, 0.25) is 0 Å². The van der Waals surface area contributed by atoms with Gasteiger partial charge in [0.15, 0.2) is 0 Å². The quantitative estimate of drug-likeness (QED) is 0.726. The minimum atomic E-state index is -3.78. The molecule has 0 radical (unpaired) electrons. The van der Waals surface area contributed by atoms with Crippen molar-refractivity contribution in [2.24, 2.45) is 0 Å². The molecule has 136 valence electrons. The highest BCUT2D eigenvalue weighted by atomic mass is 32.2. The van der Waals surface area contributed by atoms with Crippen LogP contribution in [0.1, 0.15) is 16.1 Å². The average Bonchev–Trinajstić information content (AvgIpc) is 2.66. The third kappa shape index (κ3) is 5.80. The van der Waals surface area contributed by atoms with E-state index in [1.54, 1.807) is 36.4 Å². The third-order valence-electron chi connectivity index (χ3n) is 3.25. The molecule has 0 saturated heterocycles. The molecule has 0 spiro atoms. The predicted octanol–water partition coefficient (Wildman–Crippen LogP) is 0.775. The van der Waals surface area contributed by atoms with Crippen LogP contribution in [0.15, 0.2) is 60.1 Å². The number of hydrazine groups is 1. The van der Waals surface area contributed by atoms with E-state index in [0.29, 0.717) is 0 Å². The van der Waals surface area contributed by atoms with Crippen molar-refractivity contribution < 1.29 is 18.0 Å². The van der Waals surface area contributed by atoms with Gasteiger partial charge in [-0.15, -0.1) is 0 Å². The minimum absolute atomic E-state index is 0.125. The second-order valence-corrected chi connectivity index (χ2v) is 7.16. The van der Waals surface area contributed by atoms with Crippen molar-refractivity contribution in [3.8, 4) is 0 Å². The molecular formula is C17H18N4O4S. The third-order valence-corrected chi connectivity index (χ3v) is 4.72. The zero-order valence-electron chi connectivity index (χ0n) is 14.0. The number of hydrogen-bond donors (Lipinski definition) is 2. The molecule has 2 rings (SSSR count). The molecule has 0 aliphatic rings. The van der Waals surface area contributed by atoms with E-state index in [1.807, 2.05) is 6.07 Å². The lowest BCUT2D eigenvalue weighted by Crippen LogP contribution is -2.46. The lowest BCUT2D eigenvalue weighted by molar-refractivity contribution is -0.121. The molecule has 0 saturated carbocycles. The predicted molar refractivity (Wildman–Crippen MR) is 96.9 cm³/mol. The number of hydrogen-bond acceptors (Lipinski definition) is 5. The van der Waals surface area contributed by atoms with Crippen molar-refractivity contribution in [3.05, 3.63) is 71.4 Å². The molecule has 0 aliphatic heterocycles. The van der Waals surface area contributed by atoms with E-state index >= 15 is 0 Å². The van der Waals surface area contributed by atoms with Gasteiger partial charge in [0.25, 0.3) is 11.8 Å². The highest BCUT2D eigenvalue weighted by Gasteiger charge is 2.18.